The van der Waals surface area contributed by atoms with Crippen molar-refractivity contribution >= 4 is 40.1 Å². The van der Waals surface area contributed by atoms with E-state index in [0.29, 0.717) is 5.82 Å². The molecule has 120 valence electrons. The highest BCUT2D eigenvalue weighted by Gasteiger charge is 2.11. The fraction of sp³-hybridized carbons (Fsp3) is 0. The van der Waals surface area contributed by atoms with E-state index in [9.17, 15) is 15.2 Å². The third-order valence-corrected chi connectivity index (χ3v) is 3.42. The summed E-state index contributed by atoms with van der Waals surface area (Å²) in [5.74, 6) is -0.368. The standard InChI is InChI=1S/C15H10ClN5O3/c16-11-5-10(14(22)13(6-11)21(23)24)8-18-20-15-12-4-2-1-3-9(12)7-17-19-15/h1-8,22H,(H,19,20)/p-1/b18-8-. The maximum absolute atomic E-state index is 12.0. The summed E-state index contributed by atoms with van der Waals surface area (Å²) in [6, 6.07) is 9.72. The lowest BCUT2D eigenvalue weighted by atomic mass is 10.2. The Balaban J connectivity index is 1.90. The summed E-state index contributed by atoms with van der Waals surface area (Å²) >= 11 is 5.79. The lowest BCUT2D eigenvalue weighted by Crippen LogP contribution is -2.03. The van der Waals surface area contributed by atoms with E-state index in [-0.39, 0.29) is 10.6 Å². The Kier molecular flexibility index (Phi) is 4.21. The van der Waals surface area contributed by atoms with Gasteiger partial charge in [0, 0.05) is 21.9 Å². The van der Waals surface area contributed by atoms with Crippen molar-refractivity contribution in [2.45, 2.75) is 0 Å². The van der Waals surface area contributed by atoms with Crippen LogP contribution >= 0.6 is 11.6 Å². The van der Waals surface area contributed by atoms with E-state index < -0.39 is 16.4 Å². The molecule has 0 unspecified atom stereocenters. The van der Waals surface area contributed by atoms with Crippen LogP contribution in [-0.4, -0.2) is 21.3 Å². The molecule has 2 aromatic carbocycles. The van der Waals surface area contributed by atoms with Crippen LogP contribution in [-0.2, 0) is 0 Å². The minimum absolute atomic E-state index is 0.00473. The Hall–Kier alpha value is -3.26. The molecule has 1 heterocycles. The number of hydrazone groups is 1. The van der Waals surface area contributed by atoms with E-state index in [1.807, 2.05) is 24.3 Å². The van der Waals surface area contributed by atoms with Crippen LogP contribution < -0.4 is 10.5 Å². The average molecular weight is 343 g/mol. The van der Waals surface area contributed by atoms with Crippen LogP contribution in [0.4, 0.5) is 11.5 Å². The first kappa shape index (κ1) is 15.6. The largest absolute Gasteiger partial charge is 0.867 e. The number of halogens is 1. The van der Waals surface area contributed by atoms with Crippen LogP contribution in [0.15, 0.2) is 47.7 Å². The number of hydrogen-bond donors (Lipinski definition) is 1. The third-order valence-electron chi connectivity index (χ3n) is 3.20. The van der Waals surface area contributed by atoms with Crippen molar-refractivity contribution in [3.63, 3.8) is 0 Å². The molecule has 0 saturated heterocycles. The molecule has 3 aromatic rings. The molecule has 0 bridgehead atoms. The van der Waals surface area contributed by atoms with Gasteiger partial charge in [-0.2, -0.15) is 10.2 Å². The molecule has 0 aliphatic carbocycles. The van der Waals surface area contributed by atoms with E-state index in [1.165, 1.54) is 6.07 Å². The second kappa shape index (κ2) is 6.47. The normalized spacial score (nSPS) is 11.0. The summed E-state index contributed by atoms with van der Waals surface area (Å²) in [5.41, 5.74) is 2.07. The maximum atomic E-state index is 12.0. The quantitative estimate of drug-likeness (QED) is 0.442. The van der Waals surface area contributed by atoms with Crippen molar-refractivity contribution in [3.05, 3.63) is 63.3 Å². The SMILES string of the molecule is O=[N+]([O-])c1cc(Cl)cc(/C=N\Nc2nncc3ccccc23)c1[O-]. The number of nitrogens with one attached hydrogen (secondary N) is 1. The van der Waals surface area contributed by atoms with Crippen LogP contribution in [0, 0.1) is 10.1 Å². The highest BCUT2D eigenvalue weighted by atomic mass is 35.5. The predicted molar refractivity (Wildman–Crippen MR) is 88.3 cm³/mol. The topological polar surface area (TPSA) is 116 Å². The molecule has 0 aliphatic heterocycles. The molecule has 24 heavy (non-hydrogen) atoms. The number of aromatic nitrogens is 2. The molecular weight excluding hydrogens is 334 g/mol. The van der Waals surface area contributed by atoms with Gasteiger partial charge in [-0.1, -0.05) is 35.9 Å². The van der Waals surface area contributed by atoms with Gasteiger partial charge in [-0.05, 0) is 17.4 Å². The molecule has 0 spiro atoms. The van der Waals surface area contributed by atoms with E-state index in [1.54, 1.807) is 6.20 Å². The van der Waals surface area contributed by atoms with Crippen LogP contribution in [0.5, 0.6) is 5.75 Å². The zero-order valence-corrected chi connectivity index (χ0v) is 12.8. The summed E-state index contributed by atoms with van der Waals surface area (Å²) in [6.07, 6.45) is 2.77. The van der Waals surface area contributed by atoms with Gasteiger partial charge >= 0.3 is 0 Å². The molecule has 0 radical (unpaired) electrons. The molecule has 1 N–H and O–H groups in total. The minimum Gasteiger partial charge on any atom is -0.867 e. The zero-order valence-electron chi connectivity index (χ0n) is 12.0. The number of nitro groups is 1. The number of hydrogen-bond acceptors (Lipinski definition) is 7. The summed E-state index contributed by atoms with van der Waals surface area (Å²) in [4.78, 5) is 10.1. The second-order valence-electron chi connectivity index (χ2n) is 4.75. The molecule has 0 fully saturated rings. The predicted octanol–water partition coefficient (Wildman–Crippen LogP) is 2.71. The zero-order chi connectivity index (χ0) is 17.1. The van der Waals surface area contributed by atoms with Gasteiger partial charge in [0.05, 0.1) is 17.3 Å². The van der Waals surface area contributed by atoms with E-state index in [0.717, 1.165) is 23.1 Å². The van der Waals surface area contributed by atoms with Gasteiger partial charge in [0.2, 0.25) is 0 Å². The molecule has 0 aliphatic rings. The van der Waals surface area contributed by atoms with Crippen LogP contribution in [0.25, 0.3) is 10.8 Å². The molecule has 9 heteroatoms. The number of nitro benzene ring substituents is 1. The van der Waals surface area contributed by atoms with Gasteiger partial charge < -0.3 is 5.11 Å². The minimum atomic E-state index is -0.783. The number of nitrogens with zero attached hydrogens (tertiary/aromatic N) is 4. The van der Waals surface area contributed by atoms with Crippen molar-refractivity contribution in [3.8, 4) is 5.75 Å². The average Bonchev–Trinajstić information content (AvgIpc) is 2.57. The lowest BCUT2D eigenvalue weighted by molar-refractivity contribution is -0.398. The fourth-order valence-corrected chi connectivity index (χ4v) is 2.33. The summed E-state index contributed by atoms with van der Waals surface area (Å²) in [6.45, 7) is 0. The number of rotatable bonds is 4. The summed E-state index contributed by atoms with van der Waals surface area (Å²) in [7, 11) is 0. The smallest absolute Gasteiger partial charge is 0.263 e. The van der Waals surface area contributed by atoms with Crippen LogP contribution in [0.3, 0.4) is 0 Å². The van der Waals surface area contributed by atoms with E-state index >= 15 is 0 Å². The van der Waals surface area contributed by atoms with E-state index in [2.05, 4.69) is 20.7 Å². The van der Waals surface area contributed by atoms with Crippen molar-refractivity contribution in [1.29, 1.82) is 0 Å². The van der Waals surface area contributed by atoms with Crippen LogP contribution in [0.1, 0.15) is 5.56 Å². The Labute approximate surface area is 140 Å². The molecule has 0 atom stereocenters. The Morgan fingerprint density at radius 2 is 2.08 bits per heavy atom. The fourth-order valence-electron chi connectivity index (χ4n) is 2.10. The Bertz CT molecular complexity index is 956. The van der Waals surface area contributed by atoms with Crippen molar-refractivity contribution in [1.82, 2.24) is 10.2 Å². The third kappa shape index (κ3) is 3.08. The summed E-state index contributed by atoms with van der Waals surface area (Å²) < 4.78 is 0. The summed E-state index contributed by atoms with van der Waals surface area (Å²) in [5, 5.41) is 36.2. The maximum Gasteiger partial charge on any atom is 0.263 e. The molecule has 3 rings (SSSR count). The molecule has 8 nitrogen and oxygen atoms in total. The van der Waals surface area contributed by atoms with E-state index in [4.69, 9.17) is 11.6 Å². The highest BCUT2D eigenvalue weighted by Crippen LogP contribution is 2.30. The van der Waals surface area contributed by atoms with Gasteiger partial charge in [-0.25, -0.2) is 0 Å². The first-order chi connectivity index (χ1) is 11.6. The van der Waals surface area contributed by atoms with Crippen molar-refractivity contribution < 1.29 is 10.0 Å². The van der Waals surface area contributed by atoms with Gasteiger partial charge in [0.1, 0.15) is 0 Å². The number of anilines is 1. The molecule has 1 aromatic heterocycles. The monoisotopic (exact) mass is 342 g/mol. The van der Waals surface area contributed by atoms with Crippen molar-refractivity contribution in [2.24, 2.45) is 5.10 Å². The Morgan fingerprint density at radius 1 is 1.29 bits per heavy atom. The van der Waals surface area contributed by atoms with Crippen molar-refractivity contribution in [2.75, 3.05) is 5.43 Å². The first-order valence-corrected chi connectivity index (χ1v) is 7.08. The molecular formula is C15H9ClN5O3-. The second-order valence-corrected chi connectivity index (χ2v) is 5.19. The van der Waals surface area contributed by atoms with Gasteiger partial charge in [0.15, 0.2) is 5.82 Å². The van der Waals surface area contributed by atoms with Gasteiger partial charge in [-0.3, -0.25) is 15.5 Å². The first-order valence-electron chi connectivity index (χ1n) is 6.70. The molecule has 0 saturated carbocycles. The number of benzene rings is 2. The van der Waals surface area contributed by atoms with Crippen LogP contribution in [0.2, 0.25) is 5.02 Å². The highest BCUT2D eigenvalue weighted by molar-refractivity contribution is 6.31. The van der Waals surface area contributed by atoms with Gasteiger partial charge in [-0.15, -0.1) is 5.10 Å². The van der Waals surface area contributed by atoms with Gasteiger partial charge in [0.25, 0.3) is 5.69 Å². The Morgan fingerprint density at radius 3 is 2.88 bits per heavy atom. The molecule has 0 amide bonds. The number of fused-ring (bicyclic) bond motifs is 1. The lowest BCUT2D eigenvalue weighted by Gasteiger charge is -2.10.